The molecule has 126 valence electrons. The molecule has 2 aromatic carbocycles. The molecule has 1 amide bonds. The van der Waals surface area contributed by atoms with Crippen molar-refractivity contribution in [2.75, 3.05) is 30.4 Å². The van der Waals surface area contributed by atoms with Crippen LogP contribution in [0.2, 0.25) is 5.02 Å². The highest BCUT2D eigenvalue weighted by Crippen LogP contribution is 2.28. The number of hydrogen-bond acceptors (Lipinski definition) is 3. The molecule has 3 rings (SSSR count). The average molecular weight is 345 g/mol. The molecular formula is C19H21ClN2O2. The maximum Gasteiger partial charge on any atom is 0.227 e. The minimum Gasteiger partial charge on any atom is -0.495 e. The van der Waals surface area contributed by atoms with Crippen molar-refractivity contribution in [3.8, 4) is 5.75 Å². The first-order valence-corrected chi connectivity index (χ1v) is 8.49. The molecule has 1 heterocycles. The van der Waals surface area contributed by atoms with E-state index >= 15 is 0 Å². The van der Waals surface area contributed by atoms with Gasteiger partial charge in [-0.2, -0.15) is 0 Å². The molecule has 0 saturated carbocycles. The fourth-order valence-electron chi connectivity index (χ4n) is 3.06. The molecule has 0 aliphatic carbocycles. The standard InChI is InChI=1S/C19H21ClN2O2/c1-24-18-8-3-2-7-17(18)21-19(23)14-9-11-22(12-10-14)16-6-4-5-15(20)13-16/h2-8,13-14H,9-12H2,1H3,(H,21,23). The number of amides is 1. The number of ether oxygens (including phenoxy) is 1. The largest absolute Gasteiger partial charge is 0.495 e. The van der Waals surface area contributed by atoms with Crippen LogP contribution in [-0.4, -0.2) is 26.1 Å². The molecule has 1 fully saturated rings. The first-order valence-electron chi connectivity index (χ1n) is 8.12. The monoisotopic (exact) mass is 344 g/mol. The van der Waals surface area contributed by atoms with Crippen molar-refractivity contribution in [1.29, 1.82) is 0 Å². The zero-order valence-corrected chi connectivity index (χ0v) is 14.4. The molecule has 0 spiro atoms. The Balaban J connectivity index is 1.59. The van der Waals surface area contributed by atoms with Gasteiger partial charge in [0.15, 0.2) is 0 Å². The van der Waals surface area contributed by atoms with Crippen LogP contribution in [0.4, 0.5) is 11.4 Å². The number of hydrogen-bond donors (Lipinski definition) is 1. The maximum absolute atomic E-state index is 12.5. The second-order valence-electron chi connectivity index (χ2n) is 5.93. The van der Waals surface area contributed by atoms with Crippen LogP contribution in [-0.2, 0) is 4.79 Å². The number of rotatable bonds is 4. The number of methoxy groups -OCH3 is 1. The number of halogens is 1. The van der Waals surface area contributed by atoms with Gasteiger partial charge in [-0.1, -0.05) is 29.8 Å². The van der Waals surface area contributed by atoms with E-state index in [0.717, 1.165) is 42.3 Å². The van der Waals surface area contributed by atoms with Crippen molar-refractivity contribution >= 4 is 28.9 Å². The van der Waals surface area contributed by atoms with Crippen molar-refractivity contribution in [1.82, 2.24) is 0 Å². The Hall–Kier alpha value is -2.20. The molecular weight excluding hydrogens is 324 g/mol. The lowest BCUT2D eigenvalue weighted by Gasteiger charge is -2.33. The van der Waals surface area contributed by atoms with Crippen LogP contribution < -0.4 is 15.0 Å². The van der Waals surface area contributed by atoms with Crippen LogP contribution >= 0.6 is 11.6 Å². The Kier molecular flexibility index (Phi) is 5.26. The predicted molar refractivity (Wildman–Crippen MR) is 98.0 cm³/mol. The van der Waals surface area contributed by atoms with Crippen LogP contribution in [0.25, 0.3) is 0 Å². The predicted octanol–water partition coefficient (Wildman–Crippen LogP) is 4.20. The normalized spacial score (nSPS) is 15.2. The summed E-state index contributed by atoms with van der Waals surface area (Å²) in [4.78, 5) is 14.8. The Morgan fingerprint density at radius 1 is 1.17 bits per heavy atom. The average Bonchev–Trinajstić information content (AvgIpc) is 2.62. The molecule has 0 unspecified atom stereocenters. The number of anilines is 2. The van der Waals surface area contributed by atoms with E-state index in [9.17, 15) is 4.79 Å². The van der Waals surface area contributed by atoms with E-state index in [0.29, 0.717) is 5.75 Å². The maximum atomic E-state index is 12.5. The minimum atomic E-state index is 0.0188. The van der Waals surface area contributed by atoms with Crippen molar-refractivity contribution in [2.24, 2.45) is 5.92 Å². The molecule has 0 atom stereocenters. The molecule has 1 N–H and O–H groups in total. The molecule has 0 bridgehead atoms. The third-order valence-corrected chi connectivity index (χ3v) is 4.64. The molecule has 5 heteroatoms. The minimum absolute atomic E-state index is 0.0188. The van der Waals surface area contributed by atoms with E-state index in [2.05, 4.69) is 16.3 Å². The summed E-state index contributed by atoms with van der Waals surface area (Å²) in [7, 11) is 1.61. The Labute approximate surface area is 147 Å². The van der Waals surface area contributed by atoms with Gasteiger partial charge in [-0.15, -0.1) is 0 Å². The van der Waals surface area contributed by atoms with E-state index in [4.69, 9.17) is 16.3 Å². The summed E-state index contributed by atoms with van der Waals surface area (Å²) in [6, 6.07) is 15.3. The van der Waals surface area contributed by atoms with Crippen molar-refractivity contribution < 1.29 is 9.53 Å². The van der Waals surface area contributed by atoms with Crippen LogP contribution in [0.15, 0.2) is 48.5 Å². The third kappa shape index (κ3) is 3.82. The molecule has 0 aromatic heterocycles. The number of benzene rings is 2. The summed E-state index contributed by atoms with van der Waals surface area (Å²) < 4.78 is 5.28. The Bertz CT molecular complexity index is 712. The fraction of sp³-hybridized carbons (Fsp3) is 0.316. The van der Waals surface area contributed by atoms with Gasteiger partial charge in [0, 0.05) is 29.7 Å². The second kappa shape index (κ2) is 7.58. The number of carbonyl (C=O) groups excluding carboxylic acids is 1. The van der Waals surface area contributed by atoms with Gasteiger partial charge in [0.05, 0.1) is 12.8 Å². The summed E-state index contributed by atoms with van der Waals surface area (Å²) >= 11 is 6.06. The van der Waals surface area contributed by atoms with Crippen LogP contribution in [0.3, 0.4) is 0 Å². The van der Waals surface area contributed by atoms with Crippen LogP contribution in [0, 0.1) is 5.92 Å². The van der Waals surface area contributed by atoms with Crippen molar-refractivity contribution in [3.05, 3.63) is 53.6 Å². The summed E-state index contributed by atoms with van der Waals surface area (Å²) in [5.41, 5.74) is 1.84. The van der Waals surface area contributed by atoms with E-state index in [1.165, 1.54) is 0 Å². The molecule has 24 heavy (non-hydrogen) atoms. The van der Waals surface area contributed by atoms with E-state index in [1.54, 1.807) is 7.11 Å². The Morgan fingerprint density at radius 3 is 2.62 bits per heavy atom. The zero-order valence-electron chi connectivity index (χ0n) is 13.7. The molecule has 1 aliphatic rings. The topological polar surface area (TPSA) is 41.6 Å². The van der Waals surface area contributed by atoms with Gasteiger partial charge in [0.2, 0.25) is 5.91 Å². The lowest BCUT2D eigenvalue weighted by molar-refractivity contribution is -0.120. The van der Waals surface area contributed by atoms with Gasteiger partial charge in [0.25, 0.3) is 0 Å². The summed E-state index contributed by atoms with van der Waals surface area (Å²) in [6.45, 7) is 1.70. The number of carbonyl (C=O) groups is 1. The van der Waals surface area contributed by atoms with Crippen LogP contribution in [0.1, 0.15) is 12.8 Å². The van der Waals surface area contributed by atoms with Gasteiger partial charge in [-0.25, -0.2) is 0 Å². The van der Waals surface area contributed by atoms with Gasteiger partial charge in [-0.05, 0) is 43.2 Å². The summed E-state index contributed by atoms with van der Waals surface area (Å²) in [5, 5.41) is 3.73. The number of nitrogens with zero attached hydrogens (tertiary/aromatic N) is 1. The van der Waals surface area contributed by atoms with Crippen molar-refractivity contribution in [2.45, 2.75) is 12.8 Å². The van der Waals surface area contributed by atoms with Gasteiger partial charge < -0.3 is 15.0 Å². The van der Waals surface area contributed by atoms with Crippen molar-refractivity contribution in [3.63, 3.8) is 0 Å². The fourth-order valence-corrected chi connectivity index (χ4v) is 3.24. The third-order valence-electron chi connectivity index (χ3n) is 4.40. The zero-order chi connectivity index (χ0) is 16.9. The van der Waals surface area contributed by atoms with Crippen LogP contribution in [0.5, 0.6) is 5.75 Å². The first-order chi connectivity index (χ1) is 11.7. The highest BCUT2D eigenvalue weighted by Gasteiger charge is 2.25. The lowest BCUT2D eigenvalue weighted by atomic mass is 9.95. The smallest absolute Gasteiger partial charge is 0.227 e. The van der Waals surface area contributed by atoms with E-state index in [-0.39, 0.29) is 11.8 Å². The summed E-state index contributed by atoms with van der Waals surface area (Å²) in [5.74, 6) is 0.762. The molecule has 0 radical (unpaired) electrons. The number of para-hydroxylation sites is 2. The molecule has 1 aliphatic heterocycles. The van der Waals surface area contributed by atoms with E-state index < -0.39 is 0 Å². The summed E-state index contributed by atoms with van der Waals surface area (Å²) in [6.07, 6.45) is 1.65. The number of piperidine rings is 1. The lowest BCUT2D eigenvalue weighted by Crippen LogP contribution is -2.38. The Morgan fingerprint density at radius 2 is 1.92 bits per heavy atom. The second-order valence-corrected chi connectivity index (χ2v) is 6.37. The first kappa shape index (κ1) is 16.7. The quantitative estimate of drug-likeness (QED) is 0.903. The van der Waals surface area contributed by atoms with Gasteiger partial charge in [0.1, 0.15) is 5.75 Å². The SMILES string of the molecule is COc1ccccc1NC(=O)C1CCN(c2cccc(Cl)c2)CC1. The molecule has 2 aromatic rings. The molecule has 1 saturated heterocycles. The van der Waals surface area contributed by atoms with E-state index in [1.807, 2.05) is 42.5 Å². The van der Waals surface area contributed by atoms with Gasteiger partial charge >= 0.3 is 0 Å². The highest BCUT2D eigenvalue weighted by atomic mass is 35.5. The number of nitrogens with one attached hydrogen (secondary N) is 1. The van der Waals surface area contributed by atoms with Gasteiger partial charge in [-0.3, -0.25) is 4.79 Å². The highest BCUT2D eigenvalue weighted by molar-refractivity contribution is 6.30. The molecule has 4 nitrogen and oxygen atoms in total.